The maximum absolute atomic E-state index is 12.9. The van der Waals surface area contributed by atoms with Crippen LogP contribution in [0.4, 0.5) is 15.2 Å². The van der Waals surface area contributed by atoms with E-state index >= 15 is 0 Å². The average molecular weight is 406 g/mol. The fraction of sp³-hybridized carbons (Fsp3) is 0.118. The molecule has 0 saturated heterocycles. The van der Waals surface area contributed by atoms with Gasteiger partial charge in [-0.15, -0.1) is 10.2 Å². The van der Waals surface area contributed by atoms with Crippen molar-refractivity contribution in [3.63, 3.8) is 0 Å². The van der Waals surface area contributed by atoms with Gasteiger partial charge in [-0.05, 0) is 43.3 Å². The van der Waals surface area contributed by atoms with Gasteiger partial charge < -0.3 is 0 Å². The highest BCUT2D eigenvalue weighted by atomic mass is 32.2. The Bertz CT molecular complexity index is 1040. The van der Waals surface area contributed by atoms with Crippen molar-refractivity contribution in [2.75, 3.05) is 16.2 Å². The highest BCUT2D eigenvalue weighted by Crippen LogP contribution is 2.27. The number of hydrogen-bond acceptors (Lipinski definition) is 6. The number of carbonyl (C=O) groups is 1. The van der Waals surface area contributed by atoms with Gasteiger partial charge in [-0.1, -0.05) is 29.5 Å². The molecular weight excluding hydrogens is 391 g/mol. The van der Waals surface area contributed by atoms with Crippen LogP contribution in [0.25, 0.3) is 0 Å². The van der Waals surface area contributed by atoms with E-state index in [1.165, 1.54) is 16.4 Å². The SMILES string of the molecule is CCN(c1ccccc1)S(=O)(=O)c1nnc(NC(=O)c2ccc(F)cc2)s1. The van der Waals surface area contributed by atoms with E-state index in [1.54, 1.807) is 37.3 Å². The Balaban J connectivity index is 1.81. The van der Waals surface area contributed by atoms with Crippen LogP contribution < -0.4 is 9.62 Å². The van der Waals surface area contributed by atoms with Gasteiger partial charge in [0.25, 0.3) is 20.3 Å². The van der Waals surface area contributed by atoms with Gasteiger partial charge in [0.1, 0.15) is 5.82 Å². The van der Waals surface area contributed by atoms with Crippen LogP contribution in [0, 0.1) is 5.82 Å². The molecule has 3 rings (SSSR count). The molecule has 0 unspecified atom stereocenters. The molecule has 140 valence electrons. The van der Waals surface area contributed by atoms with Crippen molar-refractivity contribution in [1.29, 1.82) is 0 Å². The number of sulfonamides is 1. The van der Waals surface area contributed by atoms with Gasteiger partial charge in [-0.25, -0.2) is 4.39 Å². The number of rotatable bonds is 6. The van der Waals surface area contributed by atoms with E-state index < -0.39 is 21.7 Å². The first kappa shape index (κ1) is 18.9. The third-order valence-corrected chi connectivity index (χ3v) is 6.66. The van der Waals surface area contributed by atoms with E-state index in [0.717, 1.165) is 23.5 Å². The zero-order valence-corrected chi connectivity index (χ0v) is 15.8. The van der Waals surface area contributed by atoms with E-state index in [9.17, 15) is 17.6 Å². The van der Waals surface area contributed by atoms with Gasteiger partial charge in [0.05, 0.1) is 5.69 Å². The molecule has 0 aliphatic rings. The summed E-state index contributed by atoms with van der Waals surface area (Å²) in [7, 11) is -3.91. The average Bonchev–Trinajstić information content (AvgIpc) is 3.13. The molecule has 0 aliphatic heterocycles. The highest BCUT2D eigenvalue weighted by molar-refractivity contribution is 7.94. The second-order valence-corrected chi connectivity index (χ2v) is 8.35. The quantitative estimate of drug-likeness (QED) is 0.635. The molecule has 0 bridgehead atoms. The summed E-state index contributed by atoms with van der Waals surface area (Å²) in [5.41, 5.74) is 0.725. The summed E-state index contributed by atoms with van der Waals surface area (Å²) in [4.78, 5) is 12.1. The van der Waals surface area contributed by atoms with Crippen molar-refractivity contribution in [1.82, 2.24) is 10.2 Å². The number of amides is 1. The lowest BCUT2D eigenvalue weighted by atomic mass is 10.2. The van der Waals surface area contributed by atoms with E-state index in [-0.39, 0.29) is 21.6 Å². The van der Waals surface area contributed by atoms with Crippen LogP contribution in [0.2, 0.25) is 0 Å². The number of para-hydroxylation sites is 1. The first-order chi connectivity index (χ1) is 12.9. The van der Waals surface area contributed by atoms with Gasteiger partial charge in [0.2, 0.25) is 5.13 Å². The molecule has 0 aliphatic carbocycles. The fourth-order valence-corrected chi connectivity index (χ4v) is 4.79. The molecular formula is C17H15FN4O3S2. The van der Waals surface area contributed by atoms with E-state index in [1.807, 2.05) is 0 Å². The molecule has 10 heteroatoms. The summed E-state index contributed by atoms with van der Waals surface area (Å²) >= 11 is 0.746. The van der Waals surface area contributed by atoms with Crippen LogP contribution >= 0.6 is 11.3 Å². The Morgan fingerprint density at radius 1 is 1.11 bits per heavy atom. The van der Waals surface area contributed by atoms with Crippen LogP contribution in [0.5, 0.6) is 0 Å². The minimum atomic E-state index is -3.91. The third-order valence-electron chi connectivity index (χ3n) is 3.58. The van der Waals surface area contributed by atoms with Crippen molar-refractivity contribution in [3.05, 3.63) is 66.0 Å². The molecule has 3 aromatic rings. The van der Waals surface area contributed by atoms with Crippen molar-refractivity contribution in [2.45, 2.75) is 11.3 Å². The van der Waals surface area contributed by atoms with Crippen LogP contribution in [-0.2, 0) is 10.0 Å². The van der Waals surface area contributed by atoms with Crippen LogP contribution in [0.3, 0.4) is 0 Å². The summed E-state index contributed by atoms with van der Waals surface area (Å²) < 4.78 is 39.6. The summed E-state index contributed by atoms with van der Waals surface area (Å²) in [5.74, 6) is -0.998. The Labute approximate surface area is 159 Å². The Morgan fingerprint density at radius 3 is 2.41 bits per heavy atom. The minimum absolute atomic E-state index is 0.0343. The van der Waals surface area contributed by atoms with Gasteiger partial charge in [0, 0.05) is 12.1 Å². The van der Waals surface area contributed by atoms with Crippen molar-refractivity contribution >= 4 is 38.1 Å². The lowest BCUT2D eigenvalue weighted by Gasteiger charge is -2.20. The lowest BCUT2D eigenvalue weighted by Crippen LogP contribution is -2.30. The Morgan fingerprint density at radius 2 is 1.78 bits per heavy atom. The van der Waals surface area contributed by atoms with Crippen molar-refractivity contribution < 1.29 is 17.6 Å². The number of carbonyl (C=O) groups excluding carboxylic acids is 1. The smallest absolute Gasteiger partial charge is 0.293 e. The summed E-state index contributed by atoms with van der Waals surface area (Å²) in [6.45, 7) is 1.92. The van der Waals surface area contributed by atoms with Gasteiger partial charge in [-0.3, -0.25) is 14.4 Å². The fourth-order valence-electron chi connectivity index (χ4n) is 2.31. The zero-order chi connectivity index (χ0) is 19.4. The normalized spacial score (nSPS) is 11.2. The Kier molecular flexibility index (Phi) is 5.47. The number of halogens is 1. The van der Waals surface area contributed by atoms with Gasteiger partial charge in [0.15, 0.2) is 0 Å². The number of nitrogens with one attached hydrogen (secondary N) is 1. The second-order valence-electron chi connectivity index (χ2n) is 5.34. The second kappa shape index (κ2) is 7.80. The maximum atomic E-state index is 12.9. The van der Waals surface area contributed by atoms with E-state index in [0.29, 0.717) is 5.69 Å². The number of nitrogens with zero attached hydrogens (tertiary/aromatic N) is 3. The summed E-state index contributed by atoms with van der Waals surface area (Å²) in [6, 6.07) is 13.6. The number of aromatic nitrogens is 2. The number of benzene rings is 2. The van der Waals surface area contributed by atoms with E-state index in [4.69, 9.17) is 0 Å². The van der Waals surface area contributed by atoms with Crippen molar-refractivity contribution in [3.8, 4) is 0 Å². The third kappa shape index (κ3) is 4.12. The van der Waals surface area contributed by atoms with Crippen LogP contribution in [-0.4, -0.2) is 31.1 Å². The molecule has 0 radical (unpaired) electrons. The summed E-state index contributed by atoms with van der Waals surface area (Å²) in [5, 5.41) is 9.94. The number of anilines is 2. The molecule has 2 aromatic carbocycles. The molecule has 0 spiro atoms. The Hall–Kier alpha value is -2.85. The first-order valence-electron chi connectivity index (χ1n) is 7.90. The monoisotopic (exact) mass is 406 g/mol. The predicted molar refractivity (Wildman–Crippen MR) is 101 cm³/mol. The molecule has 0 atom stereocenters. The summed E-state index contributed by atoms with van der Waals surface area (Å²) in [6.07, 6.45) is 0. The lowest BCUT2D eigenvalue weighted by molar-refractivity contribution is 0.102. The van der Waals surface area contributed by atoms with E-state index in [2.05, 4.69) is 15.5 Å². The first-order valence-corrected chi connectivity index (χ1v) is 10.2. The molecule has 1 amide bonds. The highest BCUT2D eigenvalue weighted by Gasteiger charge is 2.28. The van der Waals surface area contributed by atoms with Crippen LogP contribution in [0.1, 0.15) is 17.3 Å². The van der Waals surface area contributed by atoms with Gasteiger partial charge >= 0.3 is 0 Å². The molecule has 0 saturated carbocycles. The largest absolute Gasteiger partial charge is 0.296 e. The molecule has 1 aromatic heterocycles. The predicted octanol–water partition coefficient (Wildman–Crippen LogP) is 3.14. The maximum Gasteiger partial charge on any atom is 0.293 e. The molecule has 7 nitrogen and oxygen atoms in total. The van der Waals surface area contributed by atoms with Crippen molar-refractivity contribution in [2.24, 2.45) is 0 Å². The molecule has 27 heavy (non-hydrogen) atoms. The molecule has 0 fully saturated rings. The standard InChI is InChI=1S/C17H15FN4O3S2/c1-2-22(14-6-4-3-5-7-14)27(24,25)17-21-20-16(26-17)19-15(23)12-8-10-13(18)11-9-12/h3-11H,2H2,1H3,(H,19,20,23). The molecule has 1 heterocycles. The van der Waals surface area contributed by atoms with Gasteiger partial charge in [-0.2, -0.15) is 8.42 Å². The zero-order valence-electron chi connectivity index (χ0n) is 14.2. The number of hydrogen-bond donors (Lipinski definition) is 1. The minimum Gasteiger partial charge on any atom is -0.296 e. The topological polar surface area (TPSA) is 92.3 Å². The molecule has 1 N–H and O–H groups in total. The van der Waals surface area contributed by atoms with Crippen LogP contribution in [0.15, 0.2) is 58.9 Å².